The molecule has 0 N–H and O–H groups in total. The van der Waals surface area contributed by atoms with Crippen LogP contribution in [-0.2, 0) is 0 Å². The molecule has 2 heteroatoms. The molecule has 0 atom stereocenters. The minimum absolute atomic E-state index is 0.897. The van der Waals surface area contributed by atoms with Crippen molar-refractivity contribution in [1.82, 2.24) is 0 Å². The lowest BCUT2D eigenvalue weighted by atomic mass is 10.3. The second-order valence-corrected chi connectivity index (χ2v) is 17.5. The Labute approximate surface area is 263 Å². The zero-order valence-electron chi connectivity index (χ0n) is 24.9. The summed E-state index contributed by atoms with van der Waals surface area (Å²) >= 11 is 0. The number of allylic oxidation sites excluding steroid dienone is 2. The summed E-state index contributed by atoms with van der Waals surface area (Å²) in [4.78, 5) is 0. The van der Waals surface area contributed by atoms with Gasteiger partial charge in [-0.15, -0.1) is 0 Å². The van der Waals surface area contributed by atoms with E-state index in [1.165, 1.54) is 31.8 Å². The Balaban J connectivity index is 1.43. The fourth-order valence-corrected chi connectivity index (χ4v) is 13.9. The molecule has 0 amide bonds. The Kier molecular flexibility index (Phi) is 9.74. The molecule has 216 valence electrons. The Morgan fingerprint density at radius 1 is 0.273 bits per heavy atom. The third-order valence-electron chi connectivity index (χ3n) is 8.18. The second kappa shape index (κ2) is 14.4. The van der Waals surface area contributed by atoms with Crippen LogP contribution < -0.4 is 31.8 Å². The first-order chi connectivity index (χ1) is 21.8. The SMILES string of the molecule is C(C/C=C\CC=P(c1ccccc1)(c1ccccc1)c1ccccc1)=P(c1ccccc1)(c1ccccc1)c1ccccc1. The summed E-state index contributed by atoms with van der Waals surface area (Å²) in [7, 11) is 0. The van der Waals surface area contributed by atoms with Gasteiger partial charge in [-0.05, 0) is 58.4 Å². The van der Waals surface area contributed by atoms with Crippen LogP contribution in [0.5, 0.6) is 0 Å². The molecular formula is C42H38P2. The van der Waals surface area contributed by atoms with Crippen LogP contribution in [0.4, 0.5) is 0 Å². The second-order valence-electron chi connectivity index (χ2n) is 10.8. The van der Waals surface area contributed by atoms with E-state index < -0.39 is 13.8 Å². The first-order valence-corrected chi connectivity index (χ1v) is 19.0. The lowest BCUT2D eigenvalue weighted by molar-refractivity contribution is 1.46. The van der Waals surface area contributed by atoms with Gasteiger partial charge in [-0.1, -0.05) is 206 Å². The molecule has 0 aliphatic rings. The van der Waals surface area contributed by atoms with Crippen LogP contribution in [0.2, 0.25) is 0 Å². The van der Waals surface area contributed by atoms with Crippen molar-refractivity contribution in [2.45, 2.75) is 12.8 Å². The maximum Gasteiger partial charge on any atom is -0.0156 e. The normalized spacial score (nSPS) is 11.7. The number of rotatable bonds is 10. The first-order valence-electron chi connectivity index (χ1n) is 15.3. The molecule has 0 fully saturated rings. The number of benzene rings is 6. The molecule has 44 heavy (non-hydrogen) atoms. The molecule has 0 spiro atoms. The minimum Gasteiger partial charge on any atom is -0.0844 e. The van der Waals surface area contributed by atoms with Crippen LogP contribution >= 0.6 is 13.8 Å². The van der Waals surface area contributed by atoms with Crippen molar-refractivity contribution < 1.29 is 0 Å². The molecule has 0 aliphatic carbocycles. The molecule has 0 aromatic heterocycles. The highest BCUT2D eigenvalue weighted by molar-refractivity contribution is 7.94. The summed E-state index contributed by atoms with van der Waals surface area (Å²) in [6.45, 7) is -3.91. The molecule has 0 unspecified atom stereocenters. The number of hydrogen-bond acceptors (Lipinski definition) is 0. The van der Waals surface area contributed by atoms with Crippen molar-refractivity contribution in [1.29, 1.82) is 0 Å². The maximum absolute atomic E-state index is 2.59. The quantitative estimate of drug-likeness (QED) is 0.110. The van der Waals surface area contributed by atoms with Crippen LogP contribution in [-0.4, -0.2) is 11.6 Å². The van der Waals surface area contributed by atoms with E-state index in [0.717, 1.165) is 12.8 Å². The zero-order chi connectivity index (χ0) is 29.9. The summed E-state index contributed by atoms with van der Waals surface area (Å²) in [6.07, 6.45) is 6.53. The molecule has 0 radical (unpaired) electrons. The lowest BCUT2D eigenvalue weighted by Gasteiger charge is -2.29. The van der Waals surface area contributed by atoms with E-state index in [9.17, 15) is 0 Å². The van der Waals surface area contributed by atoms with Gasteiger partial charge in [0.05, 0.1) is 0 Å². The van der Waals surface area contributed by atoms with E-state index in [4.69, 9.17) is 0 Å². The van der Waals surface area contributed by atoms with E-state index in [0.29, 0.717) is 0 Å². The first kappa shape index (κ1) is 29.7. The van der Waals surface area contributed by atoms with Gasteiger partial charge in [0, 0.05) is 0 Å². The summed E-state index contributed by atoms with van der Waals surface area (Å²) in [5, 5.41) is 8.33. The standard InChI is InChI=1S/C42H38P2/c1(21-35-43(37-23-9-3-10-24-37,38-25-11-4-12-26-38)39-27-13-5-14-28-39)2-22-36-44(40-29-15-6-16-30-40,41-31-17-7-18-32-41)42-33-19-8-20-34-42/h1-20,23-36H,21-22H2/b2-1-. The van der Waals surface area contributed by atoms with Crippen LogP contribution in [0.3, 0.4) is 0 Å². The summed E-state index contributed by atoms with van der Waals surface area (Å²) in [5.41, 5.74) is 0. The van der Waals surface area contributed by atoms with Gasteiger partial charge in [0.15, 0.2) is 0 Å². The van der Waals surface area contributed by atoms with E-state index in [-0.39, 0.29) is 0 Å². The average Bonchev–Trinajstić information content (AvgIpc) is 3.12. The van der Waals surface area contributed by atoms with Gasteiger partial charge in [0.25, 0.3) is 0 Å². The molecular weight excluding hydrogens is 566 g/mol. The molecule has 0 aliphatic heterocycles. The summed E-state index contributed by atoms with van der Waals surface area (Å²) in [6, 6.07) is 66.5. The average molecular weight is 605 g/mol. The van der Waals surface area contributed by atoms with Crippen molar-refractivity contribution in [3.05, 3.63) is 194 Å². The molecule has 6 rings (SSSR count). The van der Waals surface area contributed by atoms with Crippen LogP contribution in [0.25, 0.3) is 0 Å². The molecule has 0 saturated carbocycles. The van der Waals surface area contributed by atoms with Crippen LogP contribution in [0.1, 0.15) is 12.8 Å². The van der Waals surface area contributed by atoms with E-state index in [1.54, 1.807) is 0 Å². The van der Waals surface area contributed by atoms with Gasteiger partial charge < -0.3 is 0 Å². The molecule has 0 bridgehead atoms. The largest absolute Gasteiger partial charge is 0.0844 e. The maximum atomic E-state index is 2.59. The zero-order valence-corrected chi connectivity index (χ0v) is 26.7. The third kappa shape index (κ3) is 6.16. The predicted octanol–water partition coefficient (Wildman–Crippen LogP) is 7.92. The van der Waals surface area contributed by atoms with E-state index >= 15 is 0 Å². The van der Waals surface area contributed by atoms with Crippen molar-refractivity contribution in [3.63, 3.8) is 0 Å². The molecule has 6 aromatic rings. The topological polar surface area (TPSA) is 0 Å². The minimum atomic E-state index is -1.96. The van der Waals surface area contributed by atoms with Crippen LogP contribution in [0.15, 0.2) is 194 Å². The third-order valence-corrected chi connectivity index (χ3v) is 16.4. The highest BCUT2D eigenvalue weighted by atomic mass is 31.2. The Morgan fingerprint density at radius 3 is 0.636 bits per heavy atom. The molecule has 6 aromatic carbocycles. The van der Waals surface area contributed by atoms with Gasteiger partial charge in [-0.2, -0.15) is 0 Å². The lowest BCUT2D eigenvalue weighted by Crippen LogP contribution is -2.27. The van der Waals surface area contributed by atoms with Gasteiger partial charge in [-0.25, -0.2) is 0 Å². The van der Waals surface area contributed by atoms with E-state index in [2.05, 4.69) is 206 Å². The van der Waals surface area contributed by atoms with Crippen molar-refractivity contribution in [2.75, 3.05) is 0 Å². The monoisotopic (exact) mass is 604 g/mol. The van der Waals surface area contributed by atoms with Crippen molar-refractivity contribution in [3.8, 4) is 0 Å². The van der Waals surface area contributed by atoms with Gasteiger partial charge in [0.1, 0.15) is 0 Å². The fraction of sp³-hybridized carbons (Fsp3) is 0.0476. The highest BCUT2D eigenvalue weighted by Gasteiger charge is 2.25. The Bertz CT molecular complexity index is 1530. The predicted molar refractivity (Wildman–Crippen MR) is 201 cm³/mol. The number of hydrogen-bond donors (Lipinski definition) is 0. The Hall–Kier alpha value is -4.34. The summed E-state index contributed by atoms with van der Waals surface area (Å²) in [5.74, 6) is 5.19. The summed E-state index contributed by atoms with van der Waals surface area (Å²) < 4.78 is 0. The molecule has 0 saturated heterocycles. The van der Waals surface area contributed by atoms with Gasteiger partial charge in [-0.3, -0.25) is 0 Å². The van der Waals surface area contributed by atoms with Crippen LogP contribution in [0, 0.1) is 0 Å². The molecule has 0 heterocycles. The highest BCUT2D eigenvalue weighted by Crippen LogP contribution is 2.45. The van der Waals surface area contributed by atoms with E-state index in [1.807, 2.05) is 0 Å². The van der Waals surface area contributed by atoms with Gasteiger partial charge >= 0.3 is 0 Å². The molecule has 0 nitrogen and oxygen atoms in total. The van der Waals surface area contributed by atoms with Crippen molar-refractivity contribution >= 4 is 57.2 Å². The van der Waals surface area contributed by atoms with Crippen molar-refractivity contribution in [2.24, 2.45) is 0 Å². The Morgan fingerprint density at radius 2 is 0.455 bits per heavy atom. The smallest absolute Gasteiger partial charge is 0.0156 e. The fourth-order valence-electron chi connectivity index (χ4n) is 6.14. The van der Waals surface area contributed by atoms with Gasteiger partial charge in [0.2, 0.25) is 0 Å².